The predicted octanol–water partition coefficient (Wildman–Crippen LogP) is 6.87. The van der Waals surface area contributed by atoms with Crippen LogP contribution in [0.5, 0.6) is 0 Å². The number of halogens is 4. The Labute approximate surface area is 174 Å². The molecular formula is C22H28ClF3N2O. The Hall–Kier alpha value is -1.43. The van der Waals surface area contributed by atoms with E-state index in [1.807, 2.05) is 0 Å². The van der Waals surface area contributed by atoms with Crippen molar-refractivity contribution in [3.05, 3.63) is 28.8 Å². The highest BCUT2D eigenvalue weighted by atomic mass is 35.5. The van der Waals surface area contributed by atoms with E-state index >= 15 is 0 Å². The fraction of sp³-hybridized carbons (Fsp3) is 0.682. The Kier molecular flexibility index (Phi) is 5.51. The van der Waals surface area contributed by atoms with Crippen molar-refractivity contribution in [3.8, 4) is 0 Å². The van der Waals surface area contributed by atoms with E-state index in [1.54, 1.807) is 0 Å². The van der Waals surface area contributed by atoms with Gasteiger partial charge in [-0.05, 0) is 86.3 Å². The highest BCUT2D eigenvalue weighted by Gasteiger charge is 2.54. The first-order valence-electron chi connectivity index (χ1n) is 10.6. The van der Waals surface area contributed by atoms with Crippen LogP contribution in [0.3, 0.4) is 0 Å². The molecule has 1 aromatic rings. The summed E-state index contributed by atoms with van der Waals surface area (Å²) in [5, 5.41) is 5.77. The molecular weight excluding hydrogens is 401 g/mol. The van der Waals surface area contributed by atoms with Crippen molar-refractivity contribution in [2.24, 2.45) is 23.2 Å². The zero-order chi connectivity index (χ0) is 20.8. The van der Waals surface area contributed by atoms with E-state index in [9.17, 15) is 18.0 Å². The highest BCUT2D eigenvalue weighted by Crippen LogP contribution is 2.61. The van der Waals surface area contributed by atoms with Crippen LogP contribution in [0.1, 0.15) is 63.9 Å². The molecule has 2 N–H and O–H groups in total. The van der Waals surface area contributed by atoms with Crippen molar-refractivity contribution in [2.45, 2.75) is 70.5 Å². The van der Waals surface area contributed by atoms with Gasteiger partial charge in [0, 0.05) is 6.04 Å². The average Bonchev–Trinajstić information content (AvgIpc) is 2.61. The third-order valence-electron chi connectivity index (χ3n) is 7.25. The molecule has 0 radical (unpaired) electrons. The number of amides is 2. The summed E-state index contributed by atoms with van der Waals surface area (Å²) in [6, 6.07) is 2.55. The van der Waals surface area contributed by atoms with Crippen molar-refractivity contribution >= 4 is 23.3 Å². The lowest BCUT2D eigenvalue weighted by atomic mass is 9.47. The predicted molar refractivity (Wildman–Crippen MR) is 108 cm³/mol. The van der Waals surface area contributed by atoms with E-state index in [0.29, 0.717) is 0 Å². The van der Waals surface area contributed by atoms with E-state index in [-0.39, 0.29) is 22.2 Å². The number of carbonyl (C=O) groups is 1. The molecule has 1 atom stereocenters. The maximum atomic E-state index is 13.0. The first kappa shape index (κ1) is 20.8. The number of anilines is 1. The Morgan fingerprint density at radius 3 is 2.28 bits per heavy atom. The summed E-state index contributed by atoms with van der Waals surface area (Å²) in [5.41, 5.74) is -0.706. The molecule has 0 saturated heterocycles. The summed E-state index contributed by atoms with van der Waals surface area (Å²) in [6.07, 6.45) is 4.81. The van der Waals surface area contributed by atoms with E-state index in [2.05, 4.69) is 17.6 Å². The molecule has 1 aromatic carbocycles. The van der Waals surface area contributed by atoms with Crippen molar-refractivity contribution in [1.29, 1.82) is 0 Å². The molecule has 4 fully saturated rings. The first-order valence-corrected chi connectivity index (χ1v) is 11.0. The van der Waals surface area contributed by atoms with Gasteiger partial charge in [-0.1, -0.05) is 24.9 Å². The van der Waals surface area contributed by atoms with Gasteiger partial charge < -0.3 is 10.6 Å². The second kappa shape index (κ2) is 7.68. The average molecular weight is 429 g/mol. The minimum Gasteiger partial charge on any atom is -0.335 e. The maximum absolute atomic E-state index is 13.0. The van der Waals surface area contributed by atoms with Gasteiger partial charge in [0.15, 0.2) is 0 Å². The number of rotatable bonds is 5. The summed E-state index contributed by atoms with van der Waals surface area (Å²) in [5.74, 6) is 2.30. The van der Waals surface area contributed by atoms with Crippen molar-refractivity contribution in [3.63, 3.8) is 0 Å². The zero-order valence-corrected chi connectivity index (χ0v) is 17.4. The van der Waals surface area contributed by atoms with Crippen molar-refractivity contribution < 1.29 is 18.0 Å². The SMILES string of the molecule is CCCC(NC(=O)Nc1cc(C(F)(F)F)ccc1Cl)C12CC3CC(CC(C3)C1)C2. The molecule has 0 spiro atoms. The van der Waals surface area contributed by atoms with Crippen molar-refractivity contribution in [1.82, 2.24) is 5.32 Å². The van der Waals surface area contributed by atoms with Crippen molar-refractivity contribution in [2.75, 3.05) is 5.32 Å². The Balaban J connectivity index is 1.49. The summed E-state index contributed by atoms with van der Waals surface area (Å²) in [7, 11) is 0. The monoisotopic (exact) mass is 428 g/mol. The third kappa shape index (κ3) is 4.23. The van der Waals surface area contributed by atoms with Crippen LogP contribution in [0.25, 0.3) is 0 Å². The van der Waals surface area contributed by atoms with E-state index in [1.165, 1.54) is 25.3 Å². The molecule has 5 rings (SSSR count). The minimum absolute atomic E-state index is 0.0141. The summed E-state index contributed by atoms with van der Waals surface area (Å²) < 4.78 is 39.0. The first-order chi connectivity index (χ1) is 13.7. The summed E-state index contributed by atoms with van der Waals surface area (Å²) >= 11 is 6.03. The molecule has 0 heterocycles. The van der Waals surface area contributed by atoms with Crippen LogP contribution in [0.2, 0.25) is 5.02 Å². The molecule has 29 heavy (non-hydrogen) atoms. The van der Waals surface area contributed by atoms with Gasteiger partial charge in [-0.25, -0.2) is 4.79 Å². The molecule has 7 heteroatoms. The Bertz CT molecular complexity index is 745. The molecule has 4 aliphatic rings. The number of carbonyl (C=O) groups excluding carboxylic acids is 1. The van der Waals surface area contributed by atoms with Gasteiger partial charge in [0.25, 0.3) is 0 Å². The molecule has 3 nitrogen and oxygen atoms in total. The van der Waals surface area contributed by atoms with Gasteiger partial charge >= 0.3 is 12.2 Å². The van der Waals surface area contributed by atoms with Crippen LogP contribution in [0.15, 0.2) is 18.2 Å². The van der Waals surface area contributed by atoms with Crippen LogP contribution < -0.4 is 10.6 Å². The highest BCUT2D eigenvalue weighted by molar-refractivity contribution is 6.33. The minimum atomic E-state index is -4.48. The molecule has 160 valence electrons. The zero-order valence-electron chi connectivity index (χ0n) is 16.6. The van der Waals surface area contributed by atoms with Gasteiger partial charge in [0.05, 0.1) is 16.3 Å². The number of urea groups is 1. The van der Waals surface area contributed by atoms with Gasteiger partial charge in [0.1, 0.15) is 0 Å². The molecule has 1 unspecified atom stereocenters. The van der Waals surface area contributed by atoms with Gasteiger partial charge in [0.2, 0.25) is 0 Å². The largest absolute Gasteiger partial charge is 0.416 e. The standard InChI is InChI=1S/C22H28ClF3N2O/c1-2-3-19(21-10-13-6-14(11-21)8-15(7-13)12-21)28-20(29)27-18-9-16(22(24,25)26)4-5-17(18)23/h4-5,9,13-15,19H,2-3,6-8,10-12H2,1H3,(H2,27,28,29). The molecule has 0 aliphatic heterocycles. The maximum Gasteiger partial charge on any atom is 0.416 e. The van der Waals surface area contributed by atoms with Crippen LogP contribution in [-0.2, 0) is 6.18 Å². The second-order valence-electron chi connectivity index (χ2n) is 9.41. The van der Waals surface area contributed by atoms with Crippen LogP contribution in [-0.4, -0.2) is 12.1 Å². The topological polar surface area (TPSA) is 41.1 Å². The normalized spacial score (nSPS) is 31.6. The quantitative estimate of drug-likeness (QED) is 0.528. The lowest BCUT2D eigenvalue weighted by Crippen LogP contribution is -2.57. The summed E-state index contributed by atoms with van der Waals surface area (Å²) in [6.45, 7) is 2.11. The van der Waals surface area contributed by atoms with Gasteiger partial charge in [-0.3, -0.25) is 0 Å². The van der Waals surface area contributed by atoms with Crippen LogP contribution in [0.4, 0.5) is 23.7 Å². The molecule has 0 aromatic heterocycles. The fourth-order valence-corrected chi connectivity index (χ4v) is 6.70. The Morgan fingerprint density at radius 1 is 1.17 bits per heavy atom. The molecule has 4 saturated carbocycles. The number of hydrogen-bond donors (Lipinski definition) is 2. The number of benzene rings is 1. The van der Waals surface area contributed by atoms with E-state index in [4.69, 9.17) is 11.6 Å². The Morgan fingerprint density at radius 2 is 1.76 bits per heavy atom. The summed E-state index contributed by atoms with van der Waals surface area (Å²) in [4.78, 5) is 12.7. The van der Waals surface area contributed by atoms with E-state index in [0.717, 1.165) is 62.0 Å². The number of nitrogens with one attached hydrogen (secondary N) is 2. The smallest absolute Gasteiger partial charge is 0.335 e. The third-order valence-corrected chi connectivity index (χ3v) is 7.58. The van der Waals surface area contributed by atoms with E-state index < -0.39 is 17.8 Å². The molecule has 4 aliphatic carbocycles. The fourth-order valence-electron chi connectivity index (χ4n) is 6.54. The number of alkyl halides is 3. The molecule has 4 bridgehead atoms. The second-order valence-corrected chi connectivity index (χ2v) is 9.82. The van der Waals surface area contributed by atoms with Crippen LogP contribution >= 0.6 is 11.6 Å². The number of hydrogen-bond acceptors (Lipinski definition) is 1. The lowest BCUT2D eigenvalue weighted by Gasteiger charge is -2.59. The molecule has 2 amide bonds. The lowest BCUT2D eigenvalue weighted by molar-refractivity contribution is -0.137. The van der Waals surface area contributed by atoms with Gasteiger partial charge in [-0.15, -0.1) is 0 Å². The van der Waals surface area contributed by atoms with Crippen LogP contribution in [0, 0.1) is 23.2 Å². The van der Waals surface area contributed by atoms with Gasteiger partial charge in [-0.2, -0.15) is 13.2 Å².